The number of rotatable bonds is 5. The number of hydrogen-bond acceptors (Lipinski definition) is 4. The van der Waals surface area contributed by atoms with Crippen LogP contribution < -0.4 is 10.2 Å². The highest BCUT2D eigenvalue weighted by Gasteiger charge is 2.28. The molecule has 1 aliphatic rings. The lowest BCUT2D eigenvalue weighted by Gasteiger charge is -2.31. The predicted molar refractivity (Wildman–Crippen MR) is 93.1 cm³/mol. The molecule has 0 aliphatic carbocycles. The van der Waals surface area contributed by atoms with Gasteiger partial charge in [-0.25, -0.2) is 0 Å². The molecule has 1 fully saturated rings. The lowest BCUT2D eigenvalue weighted by atomic mass is 9.91. The van der Waals surface area contributed by atoms with Gasteiger partial charge >= 0.3 is 0 Å². The summed E-state index contributed by atoms with van der Waals surface area (Å²) in [6.07, 6.45) is 5.71. The molecule has 0 bridgehead atoms. The van der Waals surface area contributed by atoms with Gasteiger partial charge in [-0.15, -0.1) is 0 Å². The van der Waals surface area contributed by atoms with Gasteiger partial charge < -0.3 is 15.0 Å². The fourth-order valence-corrected chi connectivity index (χ4v) is 3.07. The first-order chi connectivity index (χ1) is 11.6. The molecule has 2 atom stereocenters. The van der Waals surface area contributed by atoms with E-state index in [0.717, 1.165) is 30.7 Å². The van der Waals surface area contributed by atoms with Crippen molar-refractivity contribution in [3.05, 3.63) is 47.8 Å². The van der Waals surface area contributed by atoms with Crippen molar-refractivity contribution in [3.63, 3.8) is 0 Å². The highest BCUT2D eigenvalue weighted by molar-refractivity contribution is 5.94. The van der Waals surface area contributed by atoms with E-state index in [4.69, 9.17) is 4.74 Å². The molecule has 1 saturated heterocycles. The summed E-state index contributed by atoms with van der Waals surface area (Å²) in [5.74, 6) is 0.221. The molecule has 0 radical (unpaired) electrons. The van der Waals surface area contributed by atoms with Crippen molar-refractivity contribution in [2.75, 3.05) is 32.1 Å². The minimum Gasteiger partial charge on any atom is -0.378 e. The molecule has 6 nitrogen and oxygen atoms in total. The van der Waals surface area contributed by atoms with E-state index < -0.39 is 0 Å². The van der Waals surface area contributed by atoms with Crippen LogP contribution in [0.25, 0.3) is 0 Å². The Balaban J connectivity index is 1.60. The Labute approximate surface area is 142 Å². The van der Waals surface area contributed by atoms with Crippen LogP contribution in [0.4, 0.5) is 5.69 Å². The van der Waals surface area contributed by atoms with Gasteiger partial charge in [0.15, 0.2) is 0 Å². The lowest BCUT2D eigenvalue weighted by molar-refractivity contribution is -0.0272. The van der Waals surface area contributed by atoms with E-state index in [1.807, 2.05) is 49.5 Å². The van der Waals surface area contributed by atoms with Gasteiger partial charge in [0, 0.05) is 56.2 Å². The van der Waals surface area contributed by atoms with Gasteiger partial charge in [-0.3, -0.25) is 9.89 Å². The number of ether oxygens (including phenoxy) is 1. The van der Waals surface area contributed by atoms with Crippen LogP contribution in [0.2, 0.25) is 0 Å². The largest absolute Gasteiger partial charge is 0.378 e. The zero-order valence-electron chi connectivity index (χ0n) is 14.2. The second-order valence-electron chi connectivity index (χ2n) is 6.38. The van der Waals surface area contributed by atoms with Gasteiger partial charge in [0.25, 0.3) is 5.91 Å². The summed E-state index contributed by atoms with van der Waals surface area (Å²) in [5, 5.41) is 9.88. The maximum absolute atomic E-state index is 12.4. The molecule has 0 spiro atoms. The summed E-state index contributed by atoms with van der Waals surface area (Å²) in [7, 11) is 3.96. The van der Waals surface area contributed by atoms with Crippen LogP contribution in [0.15, 0.2) is 36.7 Å². The van der Waals surface area contributed by atoms with Crippen LogP contribution in [0, 0.1) is 5.92 Å². The van der Waals surface area contributed by atoms with Crippen LogP contribution in [0.5, 0.6) is 0 Å². The fourth-order valence-electron chi connectivity index (χ4n) is 3.07. The van der Waals surface area contributed by atoms with E-state index in [9.17, 15) is 4.79 Å². The number of aromatic nitrogens is 2. The van der Waals surface area contributed by atoms with E-state index in [2.05, 4.69) is 15.5 Å². The molecular weight excluding hydrogens is 304 g/mol. The summed E-state index contributed by atoms with van der Waals surface area (Å²) in [5.41, 5.74) is 2.80. The number of H-pyrrole nitrogens is 1. The Morgan fingerprint density at radius 2 is 2.17 bits per heavy atom. The SMILES string of the molecule is CN(C)c1ccc(C(=O)NC[C@@H]2CCCO[C@H]2c2cn[nH]c2)cc1. The van der Waals surface area contributed by atoms with Gasteiger partial charge in [0.05, 0.1) is 12.3 Å². The van der Waals surface area contributed by atoms with Gasteiger partial charge in [-0.2, -0.15) is 5.10 Å². The van der Waals surface area contributed by atoms with Gasteiger partial charge in [-0.05, 0) is 37.1 Å². The number of carbonyl (C=O) groups excluding carboxylic acids is 1. The molecular formula is C18H24N4O2. The highest BCUT2D eigenvalue weighted by atomic mass is 16.5. The van der Waals surface area contributed by atoms with Crippen LogP contribution in [0.3, 0.4) is 0 Å². The first kappa shape index (κ1) is 16.5. The predicted octanol–water partition coefficient (Wildman–Crippen LogP) is 2.37. The maximum Gasteiger partial charge on any atom is 0.251 e. The molecule has 24 heavy (non-hydrogen) atoms. The number of amides is 1. The number of nitrogens with one attached hydrogen (secondary N) is 2. The molecule has 2 aromatic rings. The average Bonchev–Trinajstić information content (AvgIpc) is 3.14. The third-order valence-corrected chi connectivity index (χ3v) is 4.46. The van der Waals surface area contributed by atoms with Crippen molar-refractivity contribution < 1.29 is 9.53 Å². The Morgan fingerprint density at radius 3 is 2.83 bits per heavy atom. The first-order valence-corrected chi connectivity index (χ1v) is 8.31. The minimum absolute atomic E-state index is 0.00563. The topological polar surface area (TPSA) is 70.2 Å². The van der Waals surface area contributed by atoms with Gasteiger partial charge in [-0.1, -0.05) is 0 Å². The highest BCUT2D eigenvalue weighted by Crippen LogP contribution is 2.32. The molecule has 1 amide bonds. The molecule has 0 unspecified atom stereocenters. The van der Waals surface area contributed by atoms with Crippen molar-refractivity contribution in [2.45, 2.75) is 18.9 Å². The second kappa shape index (κ2) is 7.49. The molecule has 128 valence electrons. The monoisotopic (exact) mass is 328 g/mol. The number of aromatic amines is 1. The number of hydrogen-bond donors (Lipinski definition) is 2. The van der Waals surface area contributed by atoms with E-state index in [-0.39, 0.29) is 17.9 Å². The Kier molecular flexibility index (Phi) is 5.15. The number of anilines is 1. The van der Waals surface area contributed by atoms with Crippen molar-refractivity contribution >= 4 is 11.6 Å². The van der Waals surface area contributed by atoms with Crippen molar-refractivity contribution in [1.82, 2.24) is 15.5 Å². The lowest BCUT2D eigenvalue weighted by Crippen LogP contribution is -2.35. The smallest absolute Gasteiger partial charge is 0.251 e. The summed E-state index contributed by atoms with van der Waals surface area (Å²) in [6, 6.07) is 7.62. The maximum atomic E-state index is 12.4. The van der Waals surface area contributed by atoms with E-state index in [0.29, 0.717) is 12.1 Å². The fraction of sp³-hybridized carbons (Fsp3) is 0.444. The molecule has 1 aromatic heterocycles. The van der Waals surface area contributed by atoms with Crippen LogP contribution >= 0.6 is 0 Å². The normalized spacial score (nSPS) is 20.6. The first-order valence-electron chi connectivity index (χ1n) is 8.31. The summed E-state index contributed by atoms with van der Waals surface area (Å²) >= 11 is 0. The van der Waals surface area contributed by atoms with E-state index in [1.165, 1.54) is 0 Å². The average molecular weight is 328 g/mol. The molecule has 1 aromatic carbocycles. The minimum atomic E-state index is -0.0446. The third-order valence-electron chi connectivity index (χ3n) is 4.46. The van der Waals surface area contributed by atoms with Crippen LogP contribution in [0.1, 0.15) is 34.9 Å². The van der Waals surface area contributed by atoms with E-state index >= 15 is 0 Å². The molecule has 2 N–H and O–H groups in total. The van der Waals surface area contributed by atoms with Crippen molar-refractivity contribution in [3.8, 4) is 0 Å². The third kappa shape index (κ3) is 3.76. The zero-order chi connectivity index (χ0) is 16.9. The molecule has 6 heteroatoms. The second-order valence-corrected chi connectivity index (χ2v) is 6.38. The Morgan fingerprint density at radius 1 is 1.38 bits per heavy atom. The molecule has 2 heterocycles. The standard InChI is InChI=1S/C18H24N4O2/c1-22(2)16-7-5-13(6-8-16)18(23)19-10-14-4-3-9-24-17(14)15-11-20-21-12-15/h5-8,11-12,14,17H,3-4,9-10H2,1-2H3,(H,19,23)(H,20,21)/t14-,17+/m0/s1. The van der Waals surface area contributed by atoms with Gasteiger partial charge in [0.1, 0.15) is 0 Å². The van der Waals surface area contributed by atoms with Crippen LogP contribution in [-0.2, 0) is 4.74 Å². The summed E-state index contributed by atoms with van der Waals surface area (Å²) in [6.45, 7) is 1.36. The summed E-state index contributed by atoms with van der Waals surface area (Å²) in [4.78, 5) is 14.4. The molecule has 3 rings (SSSR count). The molecule has 0 saturated carbocycles. The van der Waals surface area contributed by atoms with Gasteiger partial charge in [0.2, 0.25) is 0 Å². The number of carbonyl (C=O) groups is 1. The number of nitrogens with zero attached hydrogens (tertiary/aromatic N) is 2. The Bertz CT molecular complexity index is 652. The quantitative estimate of drug-likeness (QED) is 0.884. The van der Waals surface area contributed by atoms with Crippen molar-refractivity contribution in [2.24, 2.45) is 5.92 Å². The van der Waals surface area contributed by atoms with Crippen LogP contribution in [-0.4, -0.2) is 43.4 Å². The summed E-state index contributed by atoms with van der Waals surface area (Å²) < 4.78 is 5.90. The zero-order valence-corrected chi connectivity index (χ0v) is 14.2. The Hall–Kier alpha value is -2.34. The molecule has 1 aliphatic heterocycles. The van der Waals surface area contributed by atoms with E-state index in [1.54, 1.807) is 6.20 Å². The number of benzene rings is 1. The van der Waals surface area contributed by atoms with Crippen molar-refractivity contribution in [1.29, 1.82) is 0 Å².